The first-order chi connectivity index (χ1) is 9.56. The molecule has 1 heterocycles. The van der Waals surface area contributed by atoms with Crippen molar-refractivity contribution in [2.24, 2.45) is 5.10 Å². The van der Waals surface area contributed by atoms with Crippen LogP contribution >= 0.6 is 11.3 Å². The van der Waals surface area contributed by atoms with Crippen molar-refractivity contribution in [3.63, 3.8) is 0 Å². The summed E-state index contributed by atoms with van der Waals surface area (Å²) in [5.74, 6) is -0.208. The van der Waals surface area contributed by atoms with Gasteiger partial charge in [-0.25, -0.2) is 5.43 Å². The number of hydrogen-bond donors (Lipinski definition) is 1. The van der Waals surface area contributed by atoms with Gasteiger partial charge in [-0.1, -0.05) is 0 Å². The molecule has 0 aliphatic rings. The molecule has 0 aliphatic heterocycles. The van der Waals surface area contributed by atoms with Crippen LogP contribution in [0.2, 0.25) is 0 Å². The Balaban J connectivity index is 1.96. The molecule has 5 heteroatoms. The number of hydrazone groups is 1. The maximum Gasteiger partial charge on any atom is 0.271 e. The second-order valence-corrected chi connectivity index (χ2v) is 5.91. The molecule has 0 saturated carbocycles. The Hall–Kier alpha value is -2.14. The Labute approximate surface area is 122 Å². The van der Waals surface area contributed by atoms with Crippen LogP contribution in [0.4, 0.5) is 5.69 Å². The number of hydrogen-bond acceptors (Lipinski definition) is 4. The van der Waals surface area contributed by atoms with Crippen molar-refractivity contribution in [1.82, 2.24) is 5.43 Å². The lowest BCUT2D eigenvalue weighted by Crippen LogP contribution is -2.17. The van der Waals surface area contributed by atoms with E-state index >= 15 is 0 Å². The van der Waals surface area contributed by atoms with Gasteiger partial charge in [0, 0.05) is 35.1 Å². The van der Waals surface area contributed by atoms with Gasteiger partial charge in [0.2, 0.25) is 0 Å². The average molecular weight is 287 g/mol. The Bertz CT molecular complexity index is 614. The molecule has 0 bridgehead atoms. The standard InChI is InChI=1S/C15H17N3OS/c1-11-4-9-14(20-11)10-16-17-15(19)12-5-7-13(8-6-12)18(2)3/h4-10H,1-3H3,(H,17,19)/b16-10-. The molecule has 0 aliphatic carbocycles. The van der Waals surface area contributed by atoms with Crippen LogP contribution in [-0.4, -0.2) is 26.2 Å². The lowest BCUT2D eigenvalue weighted by molar-refractivity contribution is 0.0955. The number of carbonyl (C=O) groups excluding carboxylic acids is 1. The molecule has 2 aromatic rings. The van der Waals surface area contributed by atoms with Crippen LogP contribution in [0.25, 0.3) is 0 Å². The van der Waals surface area contributed by atoms with Crippen LogP contribution in [0, 0.1) is 6.92 Å². The molecule has 0 radical (unpaired) electrons. The van der Waals surface area contributed by atoms with Gasteiger partial charge < -0.3 is 4.90 Å². The zero-order chi connectivity index (χ0) is 14.5. The third kappa shape index (κ3) is 3.68. The second kappa shape index (κ2) is 6.34. The van der Waals surface area contributed by atoms with E-state index in [1.54, 1.807) is 29.7 Å². The Morgan fingerprint density at radius 2 is 1.90 bits per heavy atom. The summed E-state index contributed by atoms with van der Waals surface area (Å²) < 4.78 is 0. The molecule has 2 rings (SSSR count). The minimum Gasteiger partial charge on any atom is -0.378 e. The molecule has 104 valence electrons. The Morgan fingerprint density at radius 3 is 2.45 bits per heavy atom. The normalized spacial score (nSPS) is 10.8. The summed E-state index contributed by atoms with van der Waals surface area (Å²) in [4.78, 5) is 16.1. The average Bonchev–Trinajstić information content (AvgIpc) is 2.84. The van der Waals surface area contributed by atoms with Gasteiger partial charge in [-0.2, -0.15) is 5.10 Å². The first kappa shape index (κ1) is 14.3. The Morgan fingerprint density at radius 1 is 1.20 bits per heavy atom. The maximum absolute atomic E-state index is 11.9. The fourth-order valence-electron chi connectivity index (χ4n) is 1.65. The zero-order valence-corrected chi connectivity index (χ0v) is 12.6. The number of rotatable bonds is 4. The summed E-state index contributed by atoms with van der Waals surface area (Å²) in [6.45, 7) is 2.03. The maximum atomic E-state index is 11.9. The third-order valence-electron chi connectivity index (χ3n) is 2.76. The van der Waals surface area contributed by atoms with E-state index in [2.05, 4.69) is 10.5 Å². The van der Waals surface area contributed by atoms with E-state index in [1.165, 1.54) is 4.88 Å². The lowest BCUT2D eigenvalue weighted by Gasteiger charge is -2.12. The van der Waals surface area contributed by atoms with Gasteiger partial charge in [-0.3, -0.25) is 4.79 Å². The highest BCUT2D eigenvalue weighted by Gasteiger charge is 2.04. The van der Waals surface area contributed by atoms with Crippen molar-refractivity contribution in [2.45, 2.75) is 6.92 Å². The lowest BCUT2D eigenvalue weighted by atomic mass is 10.2. The smallest absolute Gasteiger partial charge is 0.271 e. The fraction of sp³-hybridized carbons (Fsp3) is 0.200. The van der Waals surface area contributed by atoms with Crippen molar-refractivity contribution in [3.05, 3.63) is 51.7 Å². The highest BCUT2D eigenvalue weighted by molar-refractivity contribution is 7.13. The van der Waals surface area contributed by atoms with Crippen LogP contribution in [-0.2, 0) is 0 Å². The summed E-state index contributed by atoms with van der Waals surface area (Å²) in [6.07, 6.45) is 1.66. The molecule has 1 aromatic heterocycles. The van der Waals surface area contributed by atoms with Crippen molar-refractivity contribution in [1.29, 1.82) is 0 Å². The number of nitrogens with zero attached hydrogens (tertiary/aromatic N) is 2. The van der Waals surface area contributed by atoms with Gasteiger partial charge in [-0.15, -0.1) is 11.3 Å². The van der Waals surface area contributed by atoms with Crippen molar-refractivity contribution < 1.29 is 4.79 Å². The van der Waals surface area contributed by atoms with Gasteiger partial charge >= 0.3 is 0 Å². The molecule has 0 atom stereocenters. The highest BCUT2D eigenvalue weighted by atomic mass is 32.1. The van der Waals surface area contributed by atoms with Crippen LogP contribution in [0.15, 0.2) is 41.5 Å². The molecular weight excluding hydrogens is 270 g/mol. The van der Waals surface area contributed by atoms with Crippen LogP contribution in [0.1, 0.15) is 20.1 Å². The van der Waals surface area contributed by atoms with Crippen LogP contribution in [0.3, 0.4) is 0 Å². The Kier molecular flexibility index (Phi) is 4.53. The predicted octanol–water partition coefficient (Wildman–Crippen LogP) is 2.89. The molecule has 1 N–H and O–H groups in total. The van der Waals surface area contributed by atoms with Crippen molar-refractivity contribution in [3.8, 4) is 0 Å². The first-order valence-corrected chi connectivity index (χ1v) is 7.05. The van der Waals surface area contributed by atoms with Gasteiger partial charge in [0.05, 0.1) is 6.21 Å². The highest BCUT2D eigenvalue weighted by Crippen LogP contribution is 2.13. The molecule has 1 aromatic carbocycles. The van der Waals surface area contributed by atoms with E-state index in [9.17, 15) is 4.79 Å². The molecule has 0 spiro atoms. The number of aryl methyl sites for hydroxylation is 1. The van der Waals surface area contributed by atoms with Gasteiger partial charge in [0.25, 0.3) is 5.91 Å². The number of anilines is 1. The minimum absolute atomic E-state index is 0.208. The molecular formula is C15H17N3OS. The van der Waals surface area contributed by atoms with E-state index < -0.39 is 0 Å². The molecule has 4 nitrogen and oxygen atoms in total. The van der Waals surface area contributed by atoms with Gasteiger partial charge in [0.15, 0.2) is 0 Å². The molecule has 20 heavy (non-hydrogen) atoms. The SMILES string of the molecule is Cc1ccc(/C=N\NC(=O)c2ccc(N(C)C)cc2)s1. The third-order valence-corrected chi connectivity index (χ3v) is 3.70. The summed E-state index contributed by atoms with van der Waals surface area (Å²) in [7, 11) is 3.92. The topological polar surface area (TPSA) is 44.7 Å². The van der Waals surface area contributed by atoms with E-state index in [-0.39, 0.29) is 5.91 Å². The summed E-state index contributed by atoms with van der Waals surface area (Å²) in [6, 6.07) is 11.4. The quantitative estimate of drug-likeness (QED) is 0.694. The van der Waals surface area contributed by atoms with E-state index in [4.69, 9.17) is 0 Å². The van der Waals surface area contributed by atoms with E-state index in [0.717, 1.165) is 10.6 Å². The van der Waals surface area contributed by atoms with Crippen LogP contribution < -0.4 is 10.3 Å². The van der Waals surface area contributed by atoms with Crippen molar-refractivity contribution in [2.75, 3.05) is 19.0 Å². The van der Waals surface area contributed by atoms with Gasteiger partial charge in [-0.05, 0) is 43.3 Å². The number of benzene rings is 1. The number of amides is 1. The van der Waals surface area contributed by atoms with Gasteiger partial charge in [0.1, 0.15) is 0 Å². The van der Waals surface area contributed by atoms with E-state index in [0.29, 0.717) is 5.56 Å². The molecule has 0 fully saturated rings. The fourth-order valence-corrected chi connectivity index (χ4v) is 2.40. The second-order valence-electron chi connectivity index (χ2n) is 4.59. The van der Waals surface area contributed by atoms with Crippen LogP contribution in [0.5, 0.6) is 0 Å². The van der Waals surface area contributed by atoms with Crippen molar-refractivity contribution >= 4 is 29.1 Å². The molecule has 0 saturated heterocycles. The predicted molar refractivity (Wildman–Crippen MR) is 84.9 cm³/mol. The summed E-state index contributed by atoms with van der Waals surface area (Å²) in [5.41, 5.74) is 4.18. The monoisotopic (exact) mass is 287 g/mol. The summed E-state index contributed by atoms with van der Waals surface area (Å²) in [5, 5.41) is 3.96. The first-order valence-electron chi connectivity index (χ1n) is 6.23. The molecule has 0 unspecified atom stereocenters. The largest absolute Gasteiger partial charge is 0.378 e. The number of carbonyl (C=O) groups is 1. The minimum atomic E-state index is -0.208. The molecule has 1 amide bonds. The number of nitrogens with one attached hydrogen (secondary N) is 1. The zero-order valence-electron chi connectivity index (χ0n) is 11.8. The number of thiophene rings is 1. The summed E-state index contributed by atoms with van der Waals surface area (Å²) >= 11 is 1.63. The van der Waals surface area contributed by atoms with E-state index in [1.807, 2.05) is 50.2 Å².